The van der Waals surface area contributed by atoms with Gasteiger partial charge in [0.2, 0.25) is 0 Å². The third-order valence-electron chi connectivity index (χ3n) is 9.42. The largest absolute Gasteiger partial charge is 0.462 e. The van der Waals surface area contributed by atoms with Crippen molar-refractivity contribution < 1.29 is 9.53 Å². The molecule has 4 aliphatic rings. The molecule has 0 amide bonds. The first-order valence-corrected chi connectivity index (χ1v) is 15.0. The summed E-state index contributed by atoms with van der Waals surface area (Å²) in [6.45, 7) is 6.90. The summed E-state index contributed by atoms with van der Waals surface area (Å²) < 4.78 is 6.29. The molecule has 3 aliphatic heterocycles. The average Bonchev–Trinajstić information content (AvgIpc) is 3.24. The standard InChI is InChI=1S/C32H36ClN5O2/c1-3-7-28(39)30-23-16-38(17-24(23)30)31-22-13-15-37(27-12-5-9-20-8-4-11-25(33)29(20)27)18-26(22)34-32(35-31)40-19-21-10-6-14-36(21)2/h3-5,7-9,11-12,21,23-24,30H,6,10,13-19H2,1-2H3/b7-3+/t21-,23-,24+,30-/m0/s1. The van der Waals surface area contributed by atoms with Crippen molar-refractivity contribution in [2.45, 2.75) is 38.8 Å². The number of carbonyl (C=O) groups is 1. The Labute approximate surface area is 240 Å². The van der Waals surface area contributed by atoms with Crippen LogP contribution in [0.2, 0.25) is 5.02 Å². The summed E-state index contributed by atoms with van der Waals surface area (Å²) in [5.74, 6) is 2.29. The first-order chi connectivity index (χ1) is 19.5. The Morgan fingerprint density at radius 3 is 2.65 bits per heavy atom. The Morgan fingerprint density at radius 2 is 1.90 bits per heavy atom. The Hall–Kier alpha value is -3.16. The highest BCUT2D eigenvalue weighted by molar-refractivity contribution is 6.36. The van der Waals surface area contributed by atoms with Gasteiger partial charge in [0.25, 0.3) is 0 Å². The van der Waals surface area contributed by atoms with Gasteiger partial charge in [-0.3, -0.25) is 4.79 Å². The van der Waals surface area contributed by atoms with Crippen LogP contribution >= 0.6 is 11.6 Å². The van der Waals surface area contributed by atoms with E-state index in [9.17, 15) is 4.79 Å². The molecular weight excluding hydrogens is 522 g/mol. The molecule has 0 radical (unpaired) electrons. The second kappa shape index (κ2) is 10.3. The van der Waals surface area contributed by atoms with Gasteiger partial charge in [-0.05, 0) is 75.2 Å². The first-order valence-electron chi connectivity index (χ1n) is 14.6. The quantitative estimate of drug-likeness (QED) is 0.372. The van der Waals surface area contributed by atoms with Gasteiger partial charge in [-0.1, -0.05) is 41.9 Å². The number of nitrogens with zero attached hydrogens (tertiary/aromatic N) is 5. The lowest BCUT2D eigenvalue weighted by Crippen LogP contribution is -2.35. The topological polar surface area (TPSA) is 61.8 Å². The van der Waals surface area contributed by atoms with Gasteiger partial charge >= 0.3 is 6.01 Å². The van der Waals surface area contributed by atoms with Crippen LogP contribution in [0.25, 0.3) is 10.8 Å². The van der Waals surface area contributed by atoms with Crippen LogP contribution in [0.5, 0.6) is 6.01 Å². The minimum Gasteiger partial charge on any atom is -0.462 e. The fourth-order valence-electron chi connectivity index (χ4n) is 7.22. The summed E-state index contributed by atoms with van der Waals surface area (Å²) in [4.78, 5) is 29.6. The van der Waals surface area contributed by atoms with Crippen LogP contribution in [-0.4, -0.2) is 66.5 Å². The van der Waals surface area contributed by atoms with Crippen molar-refractivity contribution in [2.75, 3.05) is 49.6 Å². The number of ketones is 1. The number of halogens is 1. The molecule has 1 saturated carbocycles. The maximum Gasteiger partial charge on any atom is 0.318 e. The third kappa shape index (κ3) is 4.53. The number of aromatic nitrogens is 2. The van der Waals surface area contributed by atoms with E-state index in [2.05, 4.69) is 46.0 Å². The van der Waals surface area contributed by atoms with Crippen molar-refractivity contribution in [3.8, 4) is 6.01 Å². The Balaban J connectivity index is 1.19. The smallest absolute Gasteiger partial charge is 0.318 e. The predicted molar refractivity (Wildman–Crippen MR) is 159 cm³/mol. The second-order valence-corrected chi connectivity index (χ2v) is 12.2. The van der Waals surface area contributed by atoms with Crippen molar-refractivity contribution in [1.82, 2.24) is 14.9 Å². The zero-order valence-corrected chi connectivity index (χ0v) is 24.0. The molecule has 7 nitrogen and oxygen atoms in total. The van der Waals surface area contributed by atoms with E-state index in [1.54, 1.807) is 6.08 Å². The van der Waals surface area contributed by atoms with E-state index in [1.165, 1.54) is 12.0 Å². The first kappa shape index (κ1) is 25.8. The summed E-state index contributed by atoms with van der Waals surface area (Å²) in [7, 11) is 2.16. The average molecular weight is 558 g/mol. The van der Waals surface area contributed by atoms with Crippen molar-refractivity contribution in [3.63, 3.8) is 0 Å². The van der Waals surface area contributed by atoms with Gasteiger partial charge in [-0.2, -0.15) is 9.97 Å². The number of likely N-dealkylation sites (N-methyl/N-ethyl adjacent to an activating group) is 1. The van der Waals surface area contributed by atoms with Gasteiger partial charge < -0.3 is 19.4 Å². The normalized spacial score (nSPS) is 26.0. The summed E-state index contributed by atoms with van der Waals surface area (Å²) in [5.41, 5.74) is 3.37. The Morgan fingerprint density at radius 1 is 1.10 bits per heavy atom. The van der Waals surface area contributed by atoms with Crippen LogP contribution in [-0.2, 0) is 17.8 Å². The summed E-state index contributed by atoms with van der Waals surface area (Å²) in [6, 6.07) is 13.3. The van der Waals surface area contributed by atoms with Gasteiger partial charge in [0.15, 0.2) is 5.78 Å². The van der Waals surface area contributed by atoms with Crippen LogP contribution in [0, 0.1) is 17.8 Å². The van der Waals surface area contributed by atoms with Gasteiger partial charge in [-0.25, -0.2) is 0 Å². The minimum absolute atomic E-state index is 0.172. The van der Waals surface area contributed by atoms with Crippen molar-refractivity contribution in [1.29, 1.82) is 0 Å². The number of piperidine rings is 1. The summed E-state index contributed by atoms with van der Waals surface area (Å²) in [5, 5.41) is 2.99. The number of allylic oxidation sites excluding steroid dienone is 2. The molecule has 0 spiro atoms. The van der Waals surface area contributed by atoms with Crippen molar-refractivity contribution in [2.24, 2.45) is 17.8 Å². The number of hydrogen-bond donors (Lipinski definition) is 0. The molecule has 4 atom stereocenters. The number of fused-ring (bicyclic) bond motifs is 3. The molecule has 3 aromatic rings. The van der Waals surface area contributed by atoms with E-state index >= 15 is 0 Å². The molecule has 3 fully saturated rings. The summed E-state index contributed by atoms with van der Waals surface area (Å²) in [6.07, 6.45) is 6.78. The Bertz CT molecular complexity index is 1470. The number of likely N-dealkylation sites (tertiary alicyclic amines) is 1. The highest BCUT2D eigenvalue weighted by Gasteiger charge is 2.59. The van der Waals surface area contributed by atoms with Crippen molar-refractivity contribution in [3.05, 3.63) is 64.8 Å². The molecule has 2 saturated heterocycles. The van der Waals surface area contributed by atoms with Gasteiger partial charge in [0.05, 0.1) is 17.3 Å². The van der Waals surface area contributed by atoms with Gasteiger partial charge in [0, 0.05) is 48.2 Å². The SMILES string of the molecule is C/C=C/C(=O)[C@@H]1[C@@H]2CN(c3nc(OC[C@@H]4CCCN4C)nc4c3CCN(c3cccc5cccc(Cl)c35)C4)C[C@@H]21. The molecule has 4 heterocycles. The number of rotatable bonds is 7. The monoisotopic (exact) mass is 557 g/mol. The van der Waals surface area contributed by atoms with Crippen LogP contribution in [0.3, 0.4) is 0 Å². The number of ether oxygens (including phenoxy) is 1. The molecule has 7 rings (SSSR count). The third-order valence-corrected chi connectivity index (χ3v) is 9.74. The lowest BCUT2D eigenvalue weighted by atomic mass is 10.0. The zero-order valence-electron chi connectivity index (χ0n) is 23.2. The number of hydrogen-bond acceptors (Lipinski definition) is 7. The van der Waals surface area contributed by atoms with E-state index in [4.69, 9.17) is 26.3 Å². The molecule has 208 valence electrons. The van der Waals surface area contributed by atoms with Gasteiger partial charge in [-0.15, -0.1) is 0 Å². The number of carbonyl (C=O) groups excluding carboxylic acids is 1. The fourth-order valence-corrected chi connectivity index (χ4v) is 7.50. The van der Waals surface area contributed by atoms with Crippen LogP contribution < -0.4 is 14.5 Å². The van der Waals surface area contributed by atoms with Crippen LogP contribution in [0.1, 0.15) is 31.0 Å². The lowest BCUT2D eigenvalue weighted by molar-refractivity contribution is -0.116. The van der Waals surface area contributed by atoms with E-state index in [0.717, 1.165) is 72.0 Å². The minimum atomic E-state index is 0.172. The number of benzene rings is 2. The molecule has 0 unspecified atom stereocenters. The van der Waals surface area contributed by atoms with E-state index in [-0.39, 0.29) is 11.7 Å². The summed E-state index contributed by atoms with van der Waals surface area (Å²) >= 11 is 6.69. The maximum absolute atomic E-state index is 12.5. The molecule has 1 aromatic heterocycles. The van der Waals surface area contributed by atoms with E-state index < -0.39 is 0 Å². The van der Waals surface area contributed by atoms with Gasteiger partial charge in [0.1, 0.15) is 12.4 Å². The lowest BCUT2D eigenvalue weighted by Gasteiger charge is -2.34. The molecule has 8 heteroatoms. The predicted octanol–water partition coefficient (Wildman–Crippen LogP) is 5.15. The number of anilines is 2. The van der Waals surface area contributed by atoms with Crippen LogP contribution in [0.15, 0.2) is 48.6 Å². The highest BCUT2D eigenvalue weighted by Crippen LogP contribution is 2.53. The Kier molecular flexibility index (Phi) is 6.67. The molecule has 40 heavy (non-hydrogen) atoms. The maximum atomic E-state index is 12.5. The van der Waals surface area contributed by atoms with Crippen molar-refractivity contribution >= 4 is 39.7 Å². The zero-order chi connectivity index (χ0) is 27.4. The van der Waals surface area contributed by atoms with E-state index in [1.807, 2.05) is 25.1 Å². The highest BCUT2D eigenvalue weighted by atomic mass is 35.5. The molecule has 0 bridgehead atoms. The molecule has 1 aliphatic carbocycles. The molecular formula is C32H36ClN5O2. The van der Waals surface area contributed by atoms with E-state index in [0.29, 0.717) is 37.0 Å². The molecule has 2 aromatic carbocycles. The molecule has 0 N–H and O–H groups in total. The fraction of sp³-hybridized carbons (Fsp3) is 0.469. The van der Waals surface area contributed by atoms with Crippen LogP contribution in [0.4, 0.5) is 11.5 Å². The second-order valence-electron chi connectivity index (χ2n) is 11.8.